The number of nitrogens with zero attached hydrogens (tertiary/aromatic N) is 4. The van der Waals surface area contributed by atoms with Crippen molar-refractivity contribution in [3.8, 4) is 45.8 Å². The average Bonchev–Trinajstić information content (AvgIpc) is 3.68. The summed E-state index contributed by atoms with van der Waals surface area (Å²) >= 11 is 0. The van der Waals surface area contributed by atoms with Crippen LogP contribution in [0.2, 0.25) is 0 Å². The number of hydrogen-bond acceptors (Lipinski definition) is 2. The van der Waals surface area contributed by atoms with Crippen LogP contribution in [0, 0.1) is 22.7 Å². The van der Waals surface area contributed by atoms with Gasteiger partial charge in [0.05, 0.1) is 51.0 Å². The van der Waals surface area contributed by atoms with Crippen molar-refractivity contribution >= 4 is 43.6 Å². The molecule has 0 aliphatic carbocycles. The van der Waals surface area contributed by atoms with E-state index >= 15 is 0 Å². The van der Waals surface area contributed by atoms with E-state index in [4.69, 9.17) is 0 Å². The summed E-state index contributed by atoms with van der Waals surface area (Å²) in [5.74, 6) is 0. The molecular formula is C44H26N4. The molecule has 0 unspecified atom stereocenters. The van der Waals surface area contributed by atoms with E-state index < -0.39 is 0 Å². The summed E-state index contributed by atoms with van der Waals surface area (Å²) in [6.45, 7) is 0. The van der Waals surface area contributed by atoms with Gasteiger partial charge in [0.25, 0.3) is 0 Å². The number of hydrogen-bond donors (Lipinski definition) is 0. The lowest BCUT2D eigenvalue weighted by Gasteiger charge is -2.19. The summed E-state index contributed by atoms with van der Waals surface area (Å²) in [5.41, 5.74) is 11.4. The maximum Gasteiger partial charge on any atom is 0.0998 e. The van der Waals surface area contributed by atoms with Gasteiger partial charge in [0.2, 0.25) is 0 Å². The minimum absolute atomic E-state index is 0.615. The topological polar surface area (TPSA) is 57.4 Å². The second-order valence-electron chi connectivity index (χ2n) is 11.9. The van der Waals surface area contributed by atoms with Crippen LogP contribution in [0.25, 0.3) is 77.2 Å². The van der Waals surface area contributed by atoms with E-state index in [-0.39, 0.29) is 0 Å². The molecule has 0 aliphatic heterocycles. The second kappa shape index (κ2) is 10.9. The smallest absolute Gasteiger partial charge is 0.0998 e. The first-order valence-corrected chi connectivity index (χ1v) is 15.9. The zero-order valence-electron chi connectivity index (χ0n) is 25.8. The Hall–Kier alpha value is -6.88. The molecule has 4 heteroatoms. The molecule has 9 rings (SSSR count). The van der Waals surface area contributed by atoms with Gasteiger partial charge in [-0.25, -0.2) is 0 Å². The quantitative estimate of drug-likeness (QED) is 0.199. The van der Waals surface area contributed by atoms with Crippen LogP contribution in [-0.2, 0) is 0 Å². The van der Waals surface area contributed by atoms with Crippen molar-refractivity contribution in [2.75, 3.05) is 0 Å². The SMILES string of the molecule is N#Cc1cccc(-n2c3ccccc3c3ccccc32)c1-c1ccccc1-c1cccc(-n2c3ccccc3c3c(C#N)cccc32)c1. The highest BCUT2D eigenvalue weighted by molar-refractivity contribution is 6.12. The van der Waals surface area contributed by atoms with E-state index in [0.29, 0.717) is 11.1 Å². The lowest BCUT2D eigenvalue weighted by atomic mass is 9.90. The Balaban J connectivity index is 1.30. The molecule has 9 aromatic rings. The van der Waals surface area contributed by atoms with Crippen molar-refractivity contribution in [3.63, 3.8) is 0 Å². The van der Waals surface area contributed by atoms with Crippen molar-refractivity contribution in [1.29, 1.82) is 10.5 Å². The maximum atomic E-state index is 10.5. The first-order chi connectivity index (χ1) is 23.8. The fourth-order valence-corrected chi connectivity index (χ4v) is 7.44. The monoisotopic (exact) mass is 610 g/mol. The van der Waals surface area contributed by atoms with E-state index in [9.17, 15) is 10.5 Å². The molecule has 2 aromatic heterocycles. The predicted octanol–water partition coefficient (Wildman–Crippen LogP) is 11.0. The Morgan fingerprint density at radius 2 is 0.958 bits per heavy atom. The van der Waals surface area contributed by atoms with Crippen LogP contribution < -0.4 is 0 Å². The summed E-state index contributed by atoms with van der Waals surface area (Å²) in [4.78, 5) is 0. The first kappa shape index (κ1) is 27.4. The summed E-state index contributed by atoms with van der Waals surface area (Å²) in [6.07, 6.45) is 0. The highest BCUT2D eigenvalue weighted by Crippen LogP contribution is 2.42. The summed E-state index contributed by atoms with van der Waals surface area (Å²) in [5, 5.41) is 24.8. The van der Waals surface area contributed by atoms with Gasteiger partial charge in [0, 0.05) is 32.8 Å². The fraction of sp³-hybridized carbons (Fsp3) is 0. The molecule has 0 N–H and O–H groups in total. The Labute approximate surface area is 277 Å². The Morgan fingerprint density at radius 3 is 1.67 bits per heavy atom. The summed E-state index contributed by atoms with van der Waals surface area (Å²) in [7, 11) is 0. The molecule has 0 fully saturated rings. The molecule has 2 heterocycles. The Kier molecular flexibility index (Phi) is 6.22. The van der Waals surface area contributed by atoms with Gasteiger partial charge in [-0.2, -0.15) is 10.5 Å². The molecule has 48 heavy (non-hydrogen) atoms. The van der Waals surface area contributed by atoms with Gasteiger partial charge in [-0.1, -0.05) is 103 Å². The number of para-hydroxylation sites is 3. The summed E-state index contributed by atoms with van der Waals surface area (Å²) < 4.78 is 4.53. The van der Waals surface area contributed by atoms with E-state index in [1.807, 2.05) is 42.5 Å². The third-order valence-electron chi connectivity index (χ3n) is 9.41. The lowest BCUT2D eigenvalue weighted by molar-refractivity contribution is 1.18. The van der Waals surface area contributed by atoms with Crippen LogP contribution in [-0.4, -0.2) is 9.13 Å². The summed E-state index contributed by atoms with van der Waals surface area (Å²) in [6, 6.07) is 58.9. The van der Waals surface area contributed by atoms with E-state index in [2.05, 4.69) is 137 Å². The molecule has 7 aromatic carbocycles. The molecule has 0 radical (unpaired) electrons. The minimum atomic E-state index is 0.615. The zero-order chi connectivity index (χ0) is 32.2. The Morgan fingerprint density at radius 1 is 0.417 bits per heavy atom. The Bertz CT molecular complexity index is 2760. The van der Waals surface area contributed by atoms with Crippen molar-refractivity contribution < 1.29 is 0 Å². The first-order valence-electron chi connectivity index (χ1n) is 15.9. The van der Waals surface area contributed by atoms with Crippen molar-refractivity contribution in [3.05, 3.63) is 169 Å². The van der Waals surface area contributed by atoms with E-state index in [1.165, 1.54) is 10.8 Å². The second-order valence-corrected chi connectivity index (χ2v) is 11.9. The molecule has 0 bridgehead atoms. The van der Waals surface area contributed by atoms with Gasteiger partial charge >= 0.3 is 0 Å². The highest BCUT2D eigenvalue weighted by Gasteiger charge is 2.21. The molecule has 0 atom stereocenters. The third kappa shape index (κ3) is 4.01. The number of rotatable bonds is 4. The molecule has 4 nitrogen and oxygen atoms in total. The molecule has 0 aliphatic rings. The highest BCUT2D eigenvalue weighted by atomic mass is 15.0. The van der Waals surface area contributed by atoms with Crippen LogP contribution in [0.3, 0.4) is 0 Å². The molecule has 222 valence electrons. The van der Waals surface area contributed by atoms with Crippen LogP contribution in [0.15, 0.2) is 158 Å². The zero-order valence-corrected chi connectivity index (χ0v) is 25.8. The van der Waals surface area contributed by atoms with Gasteiger partial charge in [-0.3, -0.25) is 0 Å². The van der Waals surface area contributed by atoms with Gasteiger partial charge in [-0.05, 0) is 71.3 Å². The van der Waals surface area contributed by atoms with Gasteiger partial charge < -0.3 is 9.13 Å². The van der Waals surface area contributed by atoms with Crippen LogP contribution in [0.4, 0.5) is 0 Å². The number of fused-ring (bicyclic) bond motifs is 6. The van der Waals surface area contributed by atoms with Gasteiger partial charge in [0.15, 0.2) is 0 Å². The van der Waals surface area contributed by atoms with Gasteiger partial charge in [0.1, 0.15) is 0 Å². The van der Waals surface area contributed by atoms with E-state index in [0.717, 1.165) is 66.5 Å². The third-order valence-corrected chi connectivity index (χ3v) is 9.41. The predicted molar refractivity (Wildman–Crippen MR) is 195 cm³/mol. The minimum Gasteiger partial charge on any atom is -0.309 e. The van der Waals surface area contributed by atoms with Crippen LogP contribution in [0.5, 0.6) is 0 Å². The number of benzene rings is 7. The molecule has 0 amide bonds. The van der Waals surface area contributed by atoms with E-state index in [1.54, 1.807) is 0 Å². The van der Waals surface area contributed by atoms with Crippen molar-refractivity contribution in [1.82, 2.24) is 9.13 Å². The molecule has 0 saturated carbocycles. The maximum absolute atomic E-state index is 10.5. The van der Waals surface area contributed by atoms with Crippen molar-refractivity contribution in [2.45, 2.75) is 0 Å². The number of aromatic nitrogens is 2. The molecule has 0 saturated heterocycles. The van der Waals surface area contributed by atoms with Crippen molar-refractivity contribution in [2.24, 2.45) is 0 Å². The largest absolute Gasteiger partial charge is 0.309 e. The fourth-order valence-electron chi connectivity index (χ4n) is 7.44. The number of nitriles is 2. The van der Waals surface area contributed by atoms with Gasteiger partial charge in [-0.15, -0.1) is 0 Å². The average molecular weight is 611 g/mol. The molecular weight excluding hydrogens is 585 g/mol. The van der Waals surface area contributed by atoms with Crippen LogP contribution in [0.1, 0.15) is 11.1 Å². The standard InChI is InChI=1S/C44H26N4/c45-27-30-13-11-25-42(48-38-21-6-3-17-34(38)35-18-4-7-22-39(35)48)43(30)36-19-2-1-16-33(36)29-12-9-15-32(26-29)47-40-23-8-5-20-37(40)44-31(28-46)14-10-24-41(44)47/h1-26H. The van der Waals surface area contributed by atoms with Crippen LogP contribution >= 0.6 is 0 Å². The molecule has 0 spiro atoms. The normalized spacial score (nSPS) is 11.3. The lowest BCUT2D eigenvalue weighted by Crippen LogP contribution is -2.00.